The van der Waals surface area contributed by atoms with Gasteiger partial charge >= 0.3 is 6.18 Å². The molecule has 3 heterocycles. The molecule has 12 heteroatoms. The molecule has 2 aromatic heterocycles. The SMILES string of the molecule is CCC[C@@H](CCO)NCC.Fc1cccnc1-c1cccnc1.O=C(NCC(=O)N1CCCC1)c1cccc(C(F)(F)F)c1. The van der Waals surface area contributed by atoms with E-state index in [9.17, 15) is 27.2 Å². The smallest absolute Gasteiger partial charge is 0.396 e. The Labute approximate surface area is 255 Å². The molecule has 1 aromatic carbocycles. The van der Waals surface area contributed by atoms with E-state index >= 15 is 0 Å². The molecule has 2 amide bonds. The first-order valence-electron chi connectivity index (χ1n) is 14.7. The third-order valence-corrected chi connectivity index (χ3v) is 6.61. The van der Waals surface area contributed by atoms with E-state index in [2.05, 4.69) is 34.4 Å². The third kappa shape index (κ3) is 12.8. The lowest BCUT2D eigenvalue weighted by Crippen LogP contribution is -2.38. The molecule has 0 saturated carbocycles. The highest BCUT2D eigenvalue weighted by atomic mass is 19.4. The molecular weight excluding hydrogens is 578 g/mol. The molecule has 3 N–H and O–H groups in total. The second-order valence-corrected chi connectivity index (χ2v) is 9.98. The first kappa shape index (κ1) is 36.3. The lowest BCUT2D eigenvalue weighted by molar-refractivity contribution is -0.137. The number of pyridine rings is 2. The number of benzene rings is 1. The summed E-state index contributed by atoms with van der Waals surface area (Å²) in [6, 6.07) is 11.1. The Balaban J connectivity index is 0.000000251. The number of carbonyl (C=O) groups is 2. The molecule has 3 aromatic rings. The van der Waals surface area contributed by atoms with E-state index in [4.69, 9.17) is 5.11 Å². The van der Waals surface area contributed by atoms with Gasteiger partial charge in [0, 0.05) is 55.5 Å². The van der Waals surface area contributed by atoms with E-state index < -0.39 is 17.6 Å². The van der Waals surface area contributed by atoms with Crippen molar-refractivity contribution in [2.75, 3.05) is 32.8 Å². The van der Waals surface area contributed by atoms with Crippen LogP contribution in [0.5, 0.6) is 0 Å². The molecular formula is C32H41F4N5O3. The largest absolute Gasteiger partial charge is 0.416 e. The zero-order valence-corrected chi connectivity index (χ0v) is 25.1. The van der Waals surface area contributed by atoms with Crippen molar-refractivity contribution in [1.29, 1.82) is 0 Å². The topological polar surface area (TPSA) is 107 Å². The van der Waals surface area contributed by atoms with E-state index in [1.54, 1.807) is 41.7 Å². The summed E-state index contributed by atoms with van der Waals surface area (Å²) in [5.41, 5.74) is 0.0382. The number of halogens is 4. The Morgan fingerprint density at radius 1 is 1.02 bits per heavy atom. The minimum atomic E-state index is -4.50. The highest BCUT2D eigenvalue weighted by molar-refractivity contribution is 5.96. The number of aliphatic hydroxyl groups excluding tert-OH is 1. The fourth-order valence-electron chi connectivity index (χ4n) is 4.42. The number of amides is 2. The molecule has 1 aliphatic heterocycles. The van der Waals surface area contributed by atoms with Gasteiger partial charge in [0.2, 0.25) is 5.91 Å². The third-order valence-electron chi connectivity index (χ3n) is 6.61. The van der Waals surface area contributed by atoms with Crippen LogP contribution in [0.25, 0.3) is 11.3 Å². The van der Waals surface area contributed by atoms with Crippen molar-refractivity contribution in [2.24, 2.45) is 0 Å². The minimum absolute atomic E-state index is 0.112. The van der Waals surface area contributed by atoms with Gasteiger partial charge in [-0.15, -0.1) is 0 Å². The van der Waals surface area contributed by atoms with E-state index in [-0.39, 0.29) is 23.8 Å². The Bertz CT molecular complexity index is 1260. The van der Waals surface area contributed by atoms with Crippen LogP contribution in [-0.4, -0.2) is 70.6 Å². The highest BCUT2D eigenvalue weighted by Crippen LogP contribution is 2.29. The highest BCUT2D eigenvalue weighted by Gasteiger charge is 2.31. The van der Waals surface area contributed by atoms with Crippen LogP contribution in [0.15, 0.2) is 67.1 Å². The van der Waals surface area contributed by atoms with Crippen LogP contribution in [0.3, 0.4) is 0 Å². The van der Waals surface area contributed by atoms with E-state index in [0.717, 1.165) is 37.9 Å². The molecule has 1 saturated heterocycles. The average molecular weight is 620 g/mol. The lowest BCUT2D eigenvalue weighted by Gasteiger charge is -2.15. The molecule has 0 aliphatic carbocycles. The van der Waals surface area contributed by atoms with Crippen molar-refractivity contribution < 1.29 is 32.3 Å². The number of nitrogens with zero attached hydrogens (tertiary/aromatic N) is 3. The van der Waals surface area contributed by atoms with Crippen LogP contribution in [-0.2, 0) is 11.0 Å². The molecule has 0 radical (unpaired) electrons. The van der Waals surface area contributed by atoms with Gasteiger partial charge in [-0.2, -0.15) is 13.2 Å². The van der Waals surface area contributed by atoms with Crippen LogP contribution < -0.4 is 10.6 Å². The van der Waals surface area contributed by atoms with Crippen LogP contribution in [0.4, 0.5) is 17.6 Å². The summed E-state index contributed by atoms with van der Waals surface area (Å²) >= 11 is 0. The van der Waals surface area contributed by atoms with Crippen LogP contribution >= 0.6 is 0 Å². The normalized spacial score (nSPS) is 13.2. The molecule has 1 atom stereocenters. The molecule has 0 bridgehead atoms. The molecule has 1 aliphatic rings. The number of rotatable bonds is 10. The van der Waals surface area contributed by atoms with Gasteiger partial charge in [0.25, 0.3) is 5.91 Å². The zero-order chi connectivity index (χ0) is 32.4. The number of nitrogens with one attached hydrogen (secondary N) is 2. The summed E-state index contributed by atoms with van der Waals surface area (Å²) in [7, 11) is 0. The molecule has 1 fully saturated rings. The quantitative estimate of drug-likeness (QED) is 0.259. The van der Waals surface area contributed by atoms with Crippen molar-refractivity contribution in [3.63, 3.8) is 0 Å². The first-order valence-corrected chi connectivity index (χ1v) is 14.7. The predicted molar refractivity (Wildman–Crippen MR) is 161 cm³/mol. The molecule has 0 unspecified atom stereocenters. The lowest BCUT2D eigenvalue weighted by atomic mass is 10.1. The fraction of sp³-hybridized carbons (Fsp3) is 0.438. The summed E-state index contributed by atoms with van der Waals surface area (Å²) < 4.78 is 50.9. The Kier molecular flexibility index (Phi) is 16.0. The molecule has 8 nitrogen and oxygen atoms in total. The predicted octanol–water partition coefficient (Wildman–Crippen LogP) is 5.49. The van der Waals surface area contributed by atoms with Crippen LogP contribution in [0, 0.1) is 5.82 Å². The Hall–Kier alpha value is -3.90. The summed E-state index contributed by atoms with van der Waals surface area (Å²) in [6.45, 7) is 6.70. The van der Waals surface area contributed by atoms with Crippen molar-refractivity contribution in [1.82, 2.24) is 25.5 Å². The number of hydrogen-bond acceptors (Lipinski definition) is 6. The second kappa shape index (κ2) is 19.4. The Morgan fingerprint density at radius 2 is 1.75 bits per heavy atom. The van der Waals surface area contributed by atoms with E-state index in [0.29, 0.717) is 37.0 Å². The number of aromatic nitrogens is 2. The maximum absolute atomic E-state index is 13.2. The van der Waals surface area contributed by atoms with Crippen molar-refractivity contribution in [2.45, 2.75) is 58.2 Å². The number of likely N-dealkylation sites (tertiary alicyclic amines) is 1. The van der Waals surface area contributed by atoms with Gasteiger partial charge in [0.05, 0.1) is 12.1 Å². The number of hydrogen-bond donors (Lipinski definition) is 3. The molecule has 240 valence electrons. The summed E-state index contributed by atoms with van der Waals surface area (Å²) in [4.78, 5) is 33.0. The van der Waals surface area contributed by atoms with Gasteiger partial charge in [0.15, 0.2) is 0 Å². The van der Waals surface area contributed by atoms with Crippen LogP contribution in [0.1, 0.15) is 61.9 Å². The maximum Gasteiger partial charge on any atom is 0.416 e. The Morgan fingerprint density at radius 3 is 2.34 bits per heavy atom. The minimum Gasteiger partial charge on any atom is -0.396 e. The van der Waals surface area contributed by atoms with Gasteiger partial charge in [-0.05, 0) is 74.7 Å². The van der Waals surface area contributed by atoms with E-state index in [1.165, 1.54) is 31.0 Å². The molecule has 0 spiro atoms. The zero-order valence-electron chi connectivity index (χ0n) is 25.1. The second-order valence-electron chi connectivity index (χ2n) is 9.98. The average Bonchev–Trinajstić information content (AvgIpc) is 3.57. The fourth-order valence-corrected chi connectivity index (χ4v) is 4.42. The van der Waals surface area contributed by atoms with Crippen LogP contribution in [0.2, 0.25) is 0 Å². The summed E-state index contributed by atoms with van der Waals surface area (Å²) in [5.74, 6) is -1.23. The molecule has 4 rings (SSSR count). The number of carbonyl (C=O) groups excluding carboxylic acids is 2. The summed E-state index contributed by atoms with van der Waals surface area (Å²) in [5, 5.41) is 14.3. The van der Waals surface area contributed by atoms with Gasteiger partial charge in [-0.1, -0.05) is 26.3 Å². The van der Waals surface area contributed by atoms with Crippen molar-refractivity contribution in [3.05, 3.63) is 84.1 Å². The monoisotopic (exact) mass is 619 g/mol. The maximum atomic E-state index is 13.2. The van der Waals surface area contributed by atoms with Crippen molar-refractivity contribution in [3.8, 4) is 11.3 Å². The van der Waals surface area contributed by atoms with Gasteiger partial charge in [-0.3, -0.25) is 19.6 Å². The van der Waals surface area contributed by atoms with Gasteiger partial charge in [-0.25, -0.2) is 4.39 Å². The van der Waals surface area contributed by atoms with Gasteiger partial charge in [0.1, 0.15) is 11.5 Å². The standard InChI is InChI=1S/C14H15F3N2O2.C10H7FN2.C8H19NO/c15-14(16,17)11-5-3-4-10(8-11)13(21)18-9-12(20)19-6-1-2-7-19;11-9-4-2-6-13-10(9)8-3-1-5-12-7-8;1-3-5-8(6-7-10)9-4-2/h3-5,8H,1-2,6-7,9H2,(H,18,21);1-7H;8-10H,3-7H2,1-2H3/t;;8-/m..0/s1. The van der Waals surface area contributed by atoms with E-state index in [1.807, 2.05) is 0 Å². The number of aliphatic hydroxyl groups is 1. The molecule has 44 heavy (non-hydrogen) atoms. The van der Waals surface area contributed by atoms with Crippen molar-refractivity contribution >= 4 is 11.8 Å². The number of alkyl halides is 3. The first-order chi connectivity index (χ1) is 21.1. The summed E-state index contributed by atoms with van der Waals surface area (Å²) in [6.07, 6.45) is 5.43. The van der Waals surface area contributed by atoms with Gasteiger partial charge < -0.3 is 20.6 Å².